The number of nitrogens with zero attached hydrogens (tertiary/aromatic N) is 1. The Morgan fingerprint density at radius 2 is 1.94 bits per heavy atom. The lowest BCUT2D eigenvalue weighted by Crippen LogP contribution is -2.46. The smallest absolute Gasteiger partial charge is 0.225 e. The summed E-state index contributed by atoms with van der Waals surface area (Å²) >= 11 is 0. The van der Waals surface area contributed by atoms with Crippen molar-refractivity contribution in [3.8, 4) is 0 Å². The summed E-state index contributed by atoms with van der Waals surface area (Å²) in [5, 5.41) is 0. The van der Waals surface area contributed by atoms with Gasteiger partial charge in [0.1, 0.15) is 0 Å². The first-order valence-corrected chi connectivity index (χ1v) is 7.60. The fourth-order valence-electron chi connectivity index (χ4n) is 4.07. The number of carbonyl (C=O) groups excluding carboxylic acids is 1. The van der Waals surface area contributed by atoms with Crippen LogP contribution >= 0.6 is 0 Å². The van der Waals surface area contributed by atoms with Gasteiger partial charge in [-0.3, -0.25) is 4.79 Å². The normalized spacial score (nSPS) is 40.2. The minimum absolute atomic E-state index is 0.399. The molecule has 0 radical (unpaired) electrons. The van der Waals surface area contributed by atoms with Crippen molar-refractivity contribution in [2.45, 2.75) is 64.3 Å². The minimum Gasteiger partial charge on any atom is -0.339 e. The number of amides is 1. The summed E-state index contributed by atoms with van der Waals surface area (Å²) in [4.78, 5) is 14.8. The average molecular weight is 235 g/mol. The minimum atomic E-state index is 0.399. The van der Waals surface area contributed by atoms with Gasteiger partial charge in [0.15, 0.2) is 0 Å². The third-order valence-corrected chi connectivity index (χ3v) is 5.12. The van der Waals surface area contributed by atoms with E-state index in [1.807, 2.05) is 0 Å². The molecule has 0 aromatic carbocycles. The van der Waals surface area contributed by atoms with E-state index >= 15 is 0 Å². The highest BCUT2D eigenvalue weighted by Gasteiger charge is 2.49. The summed E-state index contributed by atoms with van der Waals surface area (Å²) in [6.07, 6.45) is 10.1. The topological polar surface area (TPSA) is 20.3 Å². The number of carbonyl (C=O) groups is 1. The lowest BCUT2D eigenvalue weighted by atomic mass is 9.94. The molecular formula is C15H25NO. The van der Waals surface area contributed by atoms with Crippen molar-refractivity contribution in [2.24, 2.45) is 17.8 Å². The van der Waals surface area contributed by atoms with Crippen LogP contribution in [0.4, 0.5) is 0 Å². The second-order valence-electron chi connectivity index (χ2n) is 6.39. The van der Waals surface area contributed by atoms with Crippen LogP contribution in [0.15, 0.2) is 0 Å². The first-order valence-electron chi connectivity index (χ1n) is 7.60. The Kier molecular flexibility index (Phi) is 3.14. The molecule has 96 valence electrons. The Balaban J connectivity index is 1.61. The van der Waals surface area contributed by atoms with Crippen LogP contribution in [0.5, 0.6) is 0 Å². The molecule has 1 aliphatic heterocycles. The van der Waals surface area contributed by atoms with Gasteiger partial charge in [0.2, 0.25) is 5.91 Å². The Bertz CT molecular complexity index is 289. The van der Waals surface area contributed by atoms with Gasteiger partial charge in [-0.05, 0) is 56.8 Å². The van der Waals surface area contributed by atoms with Crippen LogP contribution in [-0.2, 0) is 4.79 Å². The molecule has 3 unspecified atom stereocenters. The molecule has 0 bridgehead atoms. The van der Waals surface area contributed by atoms with E-state index in [9.17, 15) is 4.79 Å². The maximum Gasteiger partial charge on any atom is 0.225 e. The highest BCUT2D eigenvalue weighted by atomic mass is 16.2. The summed E-state index contributed by atoms with van der Waals surface area (Å²) in [7, 11) is 0. The molecular weight excluding hydrogens is 210 g/mol. The summed E-state index contributed by atoms with van der Waals surface area (Å²) in [6.45, 7) is 3.28. The zero-order chi connectivity index (χ0) is 11.8. The first kappa shape index (κ1) is 11.6. The standard InChI is InChI=1S/C15H25NO/c1-2-5-14-6-3-4-7-16(14)15(17)13-9-11-8-12(11)10-13/h11-14H,2-10H2,1H3. The summed E-state index contributed by atoms with van der Waals surface area (Å²) < 4.78 is 0. The average Bonchev–Trinajstić information content (AvgIpc) is 2.96. The van der Waals surface area contributed by atoms with Crippen LogP contribution in [-0.4, -0.2) is 23.4 Å². The van der Waals surface area contributed by atoms with Crippen LogP contribution in [0.2, 0.25) is 0 Å². The molecule has 3 rings (SSSR count). The van der Waals surface area contributed by atoms with Gasteiger partial charge in [0.25, 0.3) is 0 Å². The molecule has 17 heavy (non-hydrogen) atoms. The molecule has 0 N–H and O–H groups in total. The monoisotopic (exact) mass is 235 g/mol. The van der Waals surface area contributed by atoms with Crippen molar-refractivity contribution in [3.63, 3.8) is 0 Å². The van der Waals surface area contributed by atoms with E-state index in [4.69, 9.17) is 0 Å². The number of piperidine rings is 1. The summed E-state index contributed by atoms with van der Waals surface area (Å²) in [5.74, 6) is 2.77. The number of fused-ring (bicyclic) bond motifs is 1. The lowest BCUT2D eigenvalue weighted by Gasteiger charge is -2.37. The zero-order valence-electron chi connectivity index (χ0n) is 11.0. The molecule has 1 amide bonds. The Morgan fingerprint density at radius 1 is 1.18 bits per heavy atom. The van der Waals surface area contributed by atoms with Crippen LogP contribution in [0.1, 0.15) is 58.3 Å². The number of hydrogen-bond acceptors (Lipinski definition) is 1. The van der Waals surface area contributed by atoms with E-state index in [1.54, 1.807) is 0 Å². The molecule has 1 saturated heterocycles. The van der Waals surface area contributed by atoms with E-state index < -0.39 is 0 Å². The van der Waals surface area contributed by atoms with E-state index in [0.29, 0.717) is 17.9 Å². The second-order valence-corrected chi connectivity index (χ2v) is 6.39. The molecule has 0 spiro atoms. The Labute approximate surface area is 105 Å². The van der Waals surface area contributed by atoms with Gasteiger partial charge in [-0.1, -0.05) is 13.3 Å². The van der Waals surface area contributed by atoms with E-state index in [0.717, 1.165) is 18.4 Å². The Hall–Kier alpha value is -0.530. The van der Waals surface area contributed by atoms with Crippen molar-refractivity contribution < 1.29 is 4.79 Å². The molecule has 1 heterocycles. The lowest BCUT2D eigenvalue weighted by molar-refractivity contribution is -0.139. The fourth-order valence-corrected chi connectivity index (χ4v) is 4.07. The first-order chi connectivity index (χ1) is 8.29. The van der Waals surface area contributed by atoms with Crippen molar-refractivity contribution in [3.05, 3.63) is 0 Å². The molecule has 2 saturated carbocycles. The predicted molar refractivity (Wildman–Crippen MR) is 68.6 cm³/mol. The summed E-state index contributed by atoms with van der Waals surface area (Å²) in [5.41, 5.74) is 0. The van der Waals surface area contributed by atoms with Gasteiger partial charge >= 0.3 is 0 Å². The van der Waals surface area contributed by atoms with Gasteiger partial charge in [-0.25, -0.2) is 0 Å². The van der Waals surface area contributed by atoms with Gasteiger partial charge in [-0.2, -0.15) is 0 Å². The third kappa shape index (κ3) is 2.23. The molecule has 3 atom stereocenters. The van der Waals surface area contributed by atoms with Crippen molar-refractivity contribution in [2.75, 3.05) is 6.54 Å². The van der Waals surface area contributed by atoms with Crippen LogP contribution in [0.3, 0.4) is 0 Å². The van der Waals surface area contributed by atoms with Crippen LogP contribution in [0, 0.1) is 17.8 Å². The van der Waals surface area contributed by atoms with Crippen LogP contribution in [0.25, 0.3) is 0 Å². The molecule has 3 fully saturated rings. The van der Waals surface area contributed by atoms with E-state index in [-0.39, 0.29) is 0 Å². The highest BCUT2D eigenvalue weighted by Crippen LogP contribution is 2.54. The van der Waals surface area contributed by atoms with Gasteiger partial charge in [0, 0.05) is 18.5 Å². The van der Waals surface area contributed by atoms with E-state index in [2.05, 4.69) is 11.8 Å². The number of hydrogen-bond donors (Lipinski definition) is 0. The molecule has 2 nitrogen and oxygen atoms in total. The van der Waals surface area contributed by atoms with Crippen molar-refractivity contribution in [1.29, 1.82) is 0 Å². The van der Waals surface area contributed by atoms with Crippen molar-refractivity contribution >= 4 is 5.91 Å². The molecule has 0 aromatic heterocycles. The molecule has 0 aromatic rings. The predicted octanol–water partition coefficient (Wildman–Crippen LogP) is 3.21. The molecule has 3 aliphatic rings. The third-order valence-electron chi connectivity index (χ3n) is 5.12. The Morgan fingerprint density at radius 3 is 2.65 bits per heavy atom. The van der Waals surface area contributed by atoms with Crippen LogP contribution < -0.4 is 0 Å². The number of rotatable bonds is 3. The second kappa shape index (κ2) is 4.62. The maximum atomic E-state index is 12.6. The van der Waals surface area contributed by atoms with Gasteiger partial charge in [0.05, 0.1) is 0 Å². The molecule has 2 aliphatic carbocycles. The highest BCUT2D eigenvalue weighted by molar-refractivity contribution is 5.79. The number of likely N-dealkylation sites (tertiary alicyclic amines) is 1. The van der Waals surface area contributed by atoms with Crippen molar-refractivity contribution in [1.82, 2.24) is 4.90 Å². The maximum absolute atomic E-state index is 12.6. The SMILES string of the molecule is CCCC1CCCCN1C(=O)C1CC2CC2C1. The van der Waals surface area contributed by atoms with Gasteiger partial charge in [-0.15, -0.1) is 0 Å². The fraction of sp³-hybridized carbons (Fsp3) is 0.933. The molecule has 2 heteroatoms. The largest absolute Gasteiger partial charge is 0.339 e. The zero-order valence-corrected chi connectivity index (χ0v) is 11.0. The van der Waals surface area contributed by atoms with Gasteiger partial charge < -0.3 is 4.90 Å². The summed E-state index contributed by atoms with van der Waals surface area (Å²) in [6, 6.07) is 0.568. The quantitative estimate of drug-likeness (QED) is 0.735. The van der Waals surface area contributed by atoms with E-state index in [1.165, 1.54) is 51.4 Å².